The van der Waals surface area contributed by atoms with Crippen LogP contribution >= 0.6 is 0 Å². The first-order valence-corrected chi connectivity index (χ1v) is 6.63. The maximum atomic E-state index is 13.6. The molecule has 0 aliphatic heterocycles. The van der Waals surface area contributed by atoms with Gasteiger partial charge in [-0.1, -0.05) is 25.5 Å². The Morgan fingerprint density at radius 3 is 2.85 bits per heavy atom. The molecule has 106 valence electrons. The summed E-state index contributed by atoms with van der Waals surface area (Å²) in [5.41, 5.74) is 0.336. The van der Waals surface area contributed by atoms with Gasteiger partial charge in [-0.15, -0.1) is 5.10 Å². The molecular weight excluding hydrogens is 257 g/mol. The van der Waals surface area contributed by atoms with Gasteiger partial charge in [-0.05, 0) is 18.6 Å². The molecule has 0 fully saturated rings. The zero-order valence-electron chi connectivity index (χ0n) is 11.7. The summed E-state index contributed by atoms with van der Waals surface area (Å²) in [6.07, 6.45) is 3.79. The standard InChI is InChI=1S/C14H18FN5/c1-3-4-9-20(2)13-10-16-19-14(18-13)17-12-8-6-5-7-11(12)15/h5-8,10H,3-4,9H2,1-2H3,(H,17,18,19). The number of aromatic nitrogens is 3. The minimum atomic E-state index is -0.346. The van der Waals surface area contributed by atoms with Gasteiger partial charge in [-0.3, -0.25) is 0 Å². The number of anilines is 3. The molecule has 0 saturated carbocycles. The van der Waals surface area contributed by atoms with E-state index in [1.807, 2.05) is 11.9 Å². The van der Waals surface area contributed by atoms with Crippen LogP contribution in [0, 0.1) is 5.82 Å². The lowest BCUT2D eigenvalue weighted by Crippen LogP contribution is -2.20. The summed E-state index contributed by atoms with van der Waals surface area (Å²) in [5, 5.41) is 10.6. The number of para-hydroxylation sites is 1. The van der Waals surface area contributed by atoms with Crippen molar-refractivity contribution >= 4 is 17.5 Å². The fraction of sp³-hybridized carbons (Fsp3) is 0.357. The monoisotopic (exact) mass is 275 g/mol. The van der Waals surface area contributed by atoms with Crippen LogP contribution in [0.1, 0.15) is 19.8 Å². The molecule has 20 heavy (non-hydrogen) atoms. The van der Waals surface area contributed by atoms with Crippen LogP contribution in [-0.4, -0.2) is 28.8 Å². The van der Waals surface area contributed by atoms with Gasteiger partial charge in [0, 0.05) is 13.6 Å². The Morgan fingerprint density at radius 2 is 2.10 bits per heavy atom. The second-order valence-corrected chi connectivity index (χ2v) is 4.52. The summed E-state index contributed by atoms with van der Waals surface area (Å²) in [5.74, 6) is 0.657. The maximum Gasteiger partial charge on any atom is 0.249 e. The highest BCUT2D eigenvalue weighted by atomic mass is 19.1. The predicted molar refractivity (Wildman–Crippen MR) is 77.7 cm³/mol. The summed E-state index contributed by atoms with van der Waals surface area (Å²) in [7, 11) is 1.95. The minimum Gasteiger partial charge on any atom is -0.358 e. The van der Waals surface area contributed by atoms with Crippen molar-refractivity contribution in [3.8, 4) is 0 Å². The van der Waals surface area contributed by atoms with Crippen LogP contribution in [0.3, 0.4) is 0 Å². The molecule has 0 aliphatic rings. The number of halogens is 1. The van der Waals surface area contributed by atoms with Crippen LogP contribution in [-0.2, 0) is 0 Å². The van der Waals surface area contributed by atoms with Crippen LogP contribution in [0.5, 0.6) is 0 Å². The number of nitrogens with zero attached hydrogens (tertiary/aromatic N) is 4. The number of hydrogen-bond acceptors (Lipinski definition) is 5. The van der Waals surface area contributed by atoms with Gasteiger partial charge in [0.2, 0.25) is 5.95 Å². The summed E-state index contributed by atoms with van der Waals surface area (Å²) >= 11 is 0. The van der Waals surface area contributed by atoms with E-state index in [-0.39, 0.29) is 11.8 Å². The molecule has 1 aromatic carbocycles. The number of unbranched alkanes of at least 4 members (excludes halogenated alkanes) is 1. The average molecular weight is 275 g/mol. The highest BCUT2D eigenvalue weighted by molar-refractivity contribution is 5.54. The summed E-state index contributed by atoms with van der Waals surface area (Å²) in [4.78, 5) is 6.34. The van der Waals surface area contributed by atoms with Crippen molar-refractivity contribution in [2.75, 3.05) is 23.8 Å². The Morgan fingerprint density at radius 1 is 1.30 bits per heavy atom. The topological polar surface area (TPSA) is 53.9 Å². The molecule has 0 spiro atoms. The van der Waals surface area contributed by atoms with Crippen LogP contribution in [0.15, 0.2) is 30.5 Å². The van der Waals surface area contributed by atoms with E-state index >= 15 is 0 Å². The SMILES string of the molecule is CCCCN(C)c1cnnc(Nc2ccccc2F)n1. The zero-order chi connectivity index (χ0) is 14.4. The molecular formula is C14H18FN5. The van der Waals surface area contributed by atoms with Crippen LogP contribution in [0.2, 0.25) is 0 Å². The first-order chi connectivity index (χ1) is 9.70. The van der Waals surface area contributed by atoms with E-state index in [0.29, 0.717) is 11.5 Å². The Labute approximate surface area is 117 Å². The number of nitrogens with one attached hydrogen (secondary N) is 1. The molecule has 0 unspecified atom stereocenters. The van der Waals surface area contributed by atoms with Gasteiger partial charge in [0.05, 0.1) is 11.9 Å². The second-order valence-electron chi connectivity index (χ2n) is 4.52. The van der Waals surface area contributed by atoms with Gasteiger partial charge >= 0.3 is 0 Å². The smallest absolute Gasteiger partial charge is 0.249 e. The van der Waals surface area contributed by atoms with Crippen molar-refractivity contribution < 1.29 is 4.39 Å². The third kappa shape index (κ3) is 3.63. The van der Waals surface area contributed by atoms with Crippen LogP contribution in [0.4, 0.5) is 21.8 Å². The molecule has 0 atom stereocenters. The van der Waals surface area contributed by atoms with E-state index < -0.39 is 0 Å². The highest BCUT2D eigenvalue weighted by Gasteiger charge is 2.07. The van der Waals surface area contributed by atoms with Crippen molar-refractivity contribution in [3.63, 3.8) is 0 Å². The Bertz CT molecular complexity index is 561. The molecule has 1 N–H and O–H groups in total. The van der Waals surface area contributed by atoms with E-state index in [4.69, 9.17) is 0 Å². The van der Waals surface area contributed by atoms with Crippen molar-refractivity contribution in [1.82, 2.24) is 15.2 Å². The Balaban J connectivity index is 2.12. The van der Waals surface area contributed by atoms with Gasteiger partial charge in [0.25, 0.3) is 0 Å². The van der Waals surface area contributed by atoms with E-state index in [1.54, 1.807) is 24.4 Å². The Hall–Kier alpha value is -2.24. The fourth-order valence-corrected chi connectivity index (χ4v) is 1.72. The van der Waals surface area contributed by atoms with Gasteiger partial charge in [-0.2, -0.15) is 10.1 Å². The fourth-order valence-electron chi connectivity index (χ4n) is 1.72. The lowest BCUT2D eigenvalue weighted by Gasteiger charge is -2.17. The summed E-state index contributed by atoms with van der Waals surface area (Å²) in [6, 6.07) is 6.39. The number of rotatable bonds is 6. The number of hydrogen-bond donors (Lipinski definition) is 1. The quantitative estimate of drug-likeness (QED) is 0.878. The van der Waals surface area contributed by atoms with E-state index in [0.717, 1.165) is 19.4 Å². The van der Waals surface area contributed by atoms with Crippen LogP contribution in [0.25, 0.3) is 0 Å². The average Bonchev–Trinajstić information content (AvgIpc) is 2.47. The van der Waals surface area contributed by atoms with Gasteiger partial charge in [0.1, 0.15) is 5.82 Å². The molecule has 5 nitrogen and oxygen atoms in total. The van der Waals surface area contributed by atoms with Gasteiger partial charge in [-0.25, -0.2) is 4.39 Å². The molecule has 0 radical (unpaired) electrons. The molecule has 0 aliphatic carbocycles. The van der Waals surface area contributed by atoms with E-state index in [2.05, 4.69) is 27.4 Å². The first-order valence-electron chi connectivity index (χ1n) is 6.63. The summed E-state index contributed by atoms with van der Waals surface area (Å²) < 4.78 is 13.6. The van der Waals surface area contributed by atoms with Crippen LogP contribution < -0.4 is 10.2 Å². The lowest BCUT2D eigenvalue weighted by molar-refractivity contribution is 0.631. The Kier molecular flexibility index (Phi) is 4.81. The summed E-state index contributed by atoms with van der Waals surface area (Å²) in [6.45, 7) is 3.03. The van der Waals surface area contributed by atoms with Crippen molar-refractivity contribution in [3.05, 3.63) is 36.3 Å². The van der Waals surface area contributed by atoms with Gasteiger partial charge in [0.15, 0.2) is 5.82 Å². The molecule has 6 heteroatoms. The van der Waals surface area contributed by atoms with Crippen molar-refractivity contribution in [2.45, 2.75) is 19.8 Å². The highest BCUT2D eigenvalue weighted by Crippen LogP contribution is 2.17. The van der Waals surface area contributed by atoms with Gasteiger partial charge < -0.3 is 10.2 Å². The van der Waals surface area contributed by atoms with E-state index in [1.165, 1.54) is 6.07 Å². The molecule has 2 aromatic rings. The maximum absolute atomic E-state index is 13.6. The van der Waals surface area contributed by atoms with E-state index in [9.17, 15) is 4.39 Å². The lowest BCUT2D eigenvalue weighted by atomic mass is 10.3. The minimum absolute atomic E-state index is 0.288. The first kappa shape index (κ1) is 14.2. The third-order valence-corrected chi connectivity index (χ3v) is 2.90. The molecule has 2 rings (SSSR count). The largest absolute Gasteiger partial charge is 0.358 e. The van der Waals surface area contributed by atoms with Crippen molar-refractivity contribution in [2.24, 2.45) is 0 Å². The number of benzene rings is 1. The zero-order valence-corrected chi connectivity index (χ0v) is 11.7. The van der Waals surface area contributed by atoms with Crippen molar-refractivity contribution in [1.29, 1.82) is 0 Å². The molecule has 1 aromatic heterocycles. The second kappa shape index (κ2) is 6.79. The molecule has 1 heterocycles. The third-order valence-electron chi connectivity index (χ3n) is 2.90. The molecule has 0 bridgehead atoms. The molecule has 0 saturated heterocycles. The normalized spacial score (nSPS) is 10.3. The predicted octanol–water partition coefficient (Wildman–Crippen LogP) is 2.99. The molecule has 0 amide bonds.